The number of rotatable bonds is 5. The van der Waals surface area contributed by atoms with Gasteiger partial charge in [-0.3, -0.25) is 9.59 Å². The molecule has 0 bridgehead atoms. The molecule has 38 heavy (non-hydrogen) atoms. The predicted octanol–water partition coefficient (Wildman–Crippen LogP) is 6.73. The van der Waals surface area contributed by atoms with Gasteiger partial charge in [-0.05, 0) is 48.8 Å². The molecule has 0 aromatic heterocycles. The van der Waals surface area contributed by atoms with E-state index in [1.807, 2.05) is 24.3 Å². The van der Waals surface area contributed by atoms with Gasteiger partial charge in [0.05, 0.1) is 10.9 Å². The number of hydrogen-bond donors (Lipinski definition) is 1. The van der Waals surface area contributed by atoms with Crippen LogP contribution in [-0.2, 0) is 4.74 Å². The molecule has 194 valence electrons. The van der Waals surface area contributed by atoms with E-state index in [0.717, 1.165) is 25.2 Å². The first kappa shape index (κ1) is 25.1. The number of nitrogens with two attached hydrogens (primary N) is 1. The van der Waals surface area contributed by atoms with Crippen molar-refractivity contribution in [3.63, 3.8) is 0 Å². The predicted molar refractivity (Wildman–Crippen MR) is 147 cm³/mol. The Bertz CT molecular complexity index is 1420. The summed E-state index contributed by atoms with van der Waals surface area (Å²) in [5.41, 5.74) is 9.35. The molecule has 2 fully saturated rings. The highest BCUT2D eigenvalue weighted by Crippen LogP contribution is 2.42. The summed E-state index contributed by atoms with van der Waals surface area (Å²) in [5.74, 6) is 0.762. The lowest BCUT2D eigenvalue weighted by atomic mass is 9.70. The van der Waals surface area contributed by atoms with Gasteiger partial charge in [-0.25, -0.2) is 4.79 Å². The maximum absolute atomic E-state index is 13.4. The van der Waals surface area contributed by atoms with E-state index in [4.69, 9.17) is 10.5 Å². The smallest absolute Gasteiger partial charge is 0.338 e. The number of thioether (sulfide) groups is 1. The van der Waals surface area contributed by atoms with Crippen molar-refractivity contribution < 1.29 is 19.1 Å². The van der Waals surface area contributed by atoms with E-state index in [1.165, 1.54) is 37.4 Å². The van der Waals surface area contributed by atoms with Crippen LogP contribution in [0.3, 0.4) is 0 Å². The Morgan fingerprint density at radius 3 is 2.29 bits per heavy atom. The molecule has 3 aromatic carbocycles. The summed E-state index contributed by atoms with van der Waals surface area (Å²) in [6.45, 7) is 0. The molecule has 2 N–H and O–H groups in total. The van der Waals surface area contributed by atoms with E-state index >= 15 is 0 Å². The van der Waals surface area contributed by atoms with Crippen LogP contribution >= 0.6 is 11.8 Å². The summed E-state index contributed by atoms with van der Waals surface area (Å²) in [7, 11) is 0. The third-order valence-corrected chi connectivity index (χ3v) is 9.52. The van der Waals surface area contributed by atoms with Gasteiger partial charge in [-0.2, -0.15) is 0 Å². The zero-order valence-electron chi connectivity index (χ0n) is 21.2. The summed E-state index contributed by atoms with van der Waals surface area (Å²) in [6.07, 6.45) is 8.10. The van der Waals surface area contributed by atoms with Crippen LogP contribution < -0.4 is 5.73 Å². The summed E-state index contributed by atoms with van der Waals surface area (Å²) in [6, 6.07) is 19.4. The molecular formula is C32H31NO4S. The van der Waals surface area contributed by atoms with Crippen LogP contribution in [0.15, 0.2) is 71.6 Å². The quantitative estimate of drug-likeness (QED) is 0.177. The van der Waals surface area contributed by atoms with E-state index < -0.39 is 5.37 Å². The van der Waals surface area contributed by atoms with Gasteiger partial charge in [0.1, 0.15) is 6.10 Å². The lowest BCUT2D eigenvalue weighted by Gasteiger charge is -2.38. The fourth-order valence-electron chi connectivity index (χ4n) is 6.50. The molecule has 0 spiro atoms. The number of carbonyl (C=O) groups is 3. The van der Waals surface area contributed by atoms with Crippen molar-refractivity contribution in [1.29, 1.82) is 0 Å². The van der Waals surface area contributed by atoms with Gasteiger partial charge in [0.2, 0.25) is 0 Å². The second-order valence-corrected chi connectivity index (χ2v) is 11.8. The van der Waals surface area contributed by atoms with Crippen LogP contribution in [0.1, 0.15) is 98.1 Å². The van der Waals surface area contributed by atoms with Gasteiger partial charge in [0.25, 0.3) is 0 Å². The fraction of sp³-hybridized carbons (Fsp3) is 0.344. The molecule has 4 atom stereocenters. The van der Waals surface area contributed by atoms with Crippen molar-refractivity contribution >= 4 is 29.3 Å². The highest BCUT2D eigenvalue weighted by atomic mass is 32.2. The number of ketones is 2. The van der Waals surface area contributed by atoms with Gasteiger partial charge < -0.3 is 10.5 Å². The summed E-state index contributed by atoms with van der Waals surface area (Å²) in [5, 5.41) is -0.626. The maximum atomic E-state index is 13.4. The van der Waals surface area contributed by atoms with Crippen molar-refractivity contribution in [3.8, 4) is 0 Å². The molecule has 2 saturated carbocycles. The Morgan fingerprint density at radius 1 is 0.789 bits per heavy atom. The molecule has 0 radical (unpaired) electrons. The highest BCUT2D eigenvalue weighted by molar-refractivity contribution is 7.99. The Hall–Kier alpha value is -3.22. The second-order valence-electron chi connectivity index (χ2n) is 10.7. The molecule has 0 amide bonds. The first-order chi connectivity index (χ1) is 18.5. The first-order valence-electron chi connectivity index (χ1n) is 13.5. The normalized spacial score (nSPS) is 23.1. The lowest BCUT2D eigenvalue weighted by molar-refractivity contribution is -0.00104. The van der Waals surface area contributed by atoms with Gasteiger partial charge >= 0.3 is 5.97 Å². The number of hydrogen-bond acceptors (Lipinski definition) is 6. The number of carbonyl (C=O) groups excluding carboxylic acids is 3. The van der Waals surface area contributed by atoms with Crippen molar-refractivity contribution in [2.45, 2.75) is 61.3 Å². The van der Waals surface area contributed by atoms with Crippen LogP contribution in [0.25, 0.3) is 0 Å². The van der Waals surface area contributed by atoms with Gasteiger partial charge in [-0.15, -0.1) is 11.8 Å². The van der Waals surface area contributed by atoms with Crippen LogP contribution in [0.2, 0.25) is 0 Å². The minimum atomic E-state index is -0.626. The molecule has 6 rings (SSSR count). The third kappa shape index (κ3) is 4.61. The van der Waals surface area contributed by atoms with Crippen molar-refractivity contribution in [2.24, 2.45) is 17.6 Å². The molecule has 0 heterocycles. The molecule has 4 unspecified atom stereocenters. The number of benzene rings is 3. The number of esters is 1. The van der Waals surface area contributed by atoms with E-state index in [2.05, 4.69) is 0 Å². The van der Waals surface area contributed by atoms with Crippen molar-refractivity contribution in [2.75, 3.05) is 0 Å². The molecular weight excluding hydrogens is 494 g/mol. The summed E-state index contributed by atoms with van der Waals surface area (Å²) in [4.78, 5) is 40.5. The summed E-state index contributed by atoms with van der Waals surface area (Å²) >= 11 is 1.28. The Balaban J connectivity index is 1.23. The van der Waals surface area contributed by atoms with Gasteiger partial charge in [0.15, 0.2) is 11.6 Å². The van der Waals surface area contributed by atoms with Gasteiger partial charge in [0, 0.05) is 27.1 Å². The molecule has 3 aliphatic carbocycles. The highest BCUT2D eigenvalue weighted by Gasteiger charge is 2.35. The fourth-order valence-corrected chi connectivity index (χ4v) is 7.58. The van der Waals surface area contributed by atoms with Gasteiger partial charge in [-0.1, -0.05) is 80.3 Å². The van der Waals surface area contributed by atoms with Crippen LogP contribution in [-0.4, -0.2) is 23.6 Å². The Labute approximate surface area is 227 Å². The van der Waals surface area contributed by atoms with E-state index in [0.29, 0.717) is 44.2 Å². The molecule has 5 nitrogen and oxygen atoms in total. The zero-order valence-corrected chi connectivity index (χ0v) is 22.0. The Morgan fingerprint density at radius 2 is 1.47 bits per heavy atom. The monoisotopic (exact) mass is 525 g/mol. The zero-order chi connectivity index (χ0) is 26.2. The second kappa shape index (κ2) is 10.5. The molecule has 3 aliphatic rings. The SMILES string of the molecule is NC(Sc1cccc2c1C(=O)c1ccccc1C2=O)c1ccccc1C(=O)OC1CCC2CCCCC2C1. The average molecular weight is 526 g/mol. The third-order valence-electron chi connectivity index (χ3n) is 8.42. The van der Waals surface area contributed by atoms with Crippen LogP contribution in [0, 0.1) is 11.8 Å². The van der Waals surface area contributed by atoms with E-state index in [9.17, 15) is 14.4 Å². The summed E-state index contributed by atoms with van der Waals surface area (Å²) < 4.78 is 6.03. The van der Waals surface area contributed by atoms with Crippen molar-refractivity contribution in [3.05, 3.63) is 100 Å². The topological polar surface area (TPSA) is 86.5 Å². The minimum absolute atomic E-state index is 0.0522. The minimum Gasteiger partial charge on any atom is -0.459 e. The average Bonchev–Trinajstić information content (AvgIpc) is 2.95. The maximum Gasteiger partial charge on any atom is 0.338 e. The standard InChI is InChI=1S/C32H31NO4S/c33-31(38-27-15-7-14-26-28(27)30(35)23-11-4-3-10-22(23)29(26)34)24-12-5-6-13-25(24)32(36)37-21-17-16-19-8-1-2-9-20(19)18-21/h3-7,10-15,19-21,31H,1-2,8-9,16-18,33H2. The lowest BCUT2D eigenvalue weighted by Crippen LogP contribution is -2.33. The number of fused-ring (bicyclic) bond motifs is 3. The van der Waals surface area contributed by atoms with Crippen molar-refractivity contribution in [1.82, 2.24) is 0 Å². The van der Waals surface area contributed by atoms with E-state index in [1.54, 1.807) is 42.5 Å². The van der Waals surface area contributed by atoms with E-state index in [-0.39, 0.29) is 23.6 Å². The number of ether oxygens (including phenoxy) is 1. The molecule has 0 saturated heterocycles. The molecule has 0 aliphatic heterocycles. The molecule has 6 heteroatoms. The van der Waals surface area contributed by atoms with Crippen LogP contribution in [0.4, 0.5) is 0 Å². The van der Waals surface area contributed by atoms with Crippen LogP contribution in [0.5, 0.6) is 0 Å². The largest absolute Gasteiger partial charge is 0.459 e. The first-order valence-corrected chi connectivity index (χ1v) is 14.4. The molecule has 3 aromatic rings. The Kier molecular flexibility index (Phi) is 6.93.